The molecule has 1 aliphatic carbocycles. The molecule has 1 heterocycles. The zero-order chi connectivity index (χ0) is 11.2. The fraction of sp³-hybridized carbons (Fsp3) is 0.615. The molecule has 0 spiro atoms. The van der Waals surface area contributed by atoms with Gasteiger partial charge in [0.2, 0.25) is 5.88 Å². The smallest absolute Gasteiger partial charge is 0.219 e. The molecule has 0 amide bonds. The van der Waals surface area contributed by atoms with Gasteiger partial charge in [0, 0.05) is 11.8 Å². The van der Waals surface area contributed by atoms with Crippen molar-refractivity contribution in [2.75, 3.05) is 0 Å². The topological polar surface area (TPSA) is 42.4 Å². The maximum Gasteiger partial charge on any atom is 0.219 e. The molecule has 1 aromatic heterocycles. The molecule has 0 unspecified atom stereocenters. The summed E-state index contributed by atoms with van der Waals surface area (Å²) in [6.45, 7) is -0.00407. The summed E-state index contributed by atoms with van der Waals surface area (Å²) < 4.78 is 5.89. The van der Waals surface area contributed by atoms with Gasteiger partial charge < -0.3 is 9.84 Å². The summed E-state index contributed by atoms with van der Waals surface area (Å²) in [5, 5.41) is 9.18. The van der Waals surface area contributed by atoms with Crippen molar-refractivity contribution in [1.82, 2.24) is 4.98 Å². The van der Waals surface area contributed by atoms with Crippen LogP contribution in [-0.4, -0.2) is 16.2 Å². The number of ether oxygens (including phenoxy) is 1. The Morgan fingerprint density at radius 2 is 2.00 bits per heavy atom. The van der Waals surface area contributed by atoms with Crippen LogP contribution in [0, 0.1) is 0 Å². The van der Waals surface area contributed by atoms with Crippen molar-refractivity contribution in [2.45, 2.75) is 51.2 Å². The quantitative estimate of drug-likeness (QED) is 0.798. The van der Waals surface area contributed by atoms with Gasteiger partial charge in [-0.3, -0.25) is 0 Å². The second kappa shape index (κ2) is 5.85. The van der Waals surface area contributed by atoms with Crippen LogP contribution < -0.4 is 4.74 Å². The van der Waals surface area contributed by atoms with Gasteiger partial charge in [-0.1, -0.05) is 12.8 Å². The molecule has 1 aliphatic rings. The van der Waals surface area contributed by atoms with E-state index in [0.29, 0.717) is 5.88 Å². The van der Waals surface area contributed by atoms with Crippen LogP contribution in [0.25, 0.3) is 0 Å². The summed E-state index contributed by atoms with van der Waals surface area (Å²) >= 11 is 0. The minimum atomic E-state index is -0.00407. The third-order valence-corrected chi connectivity index (χ3v) is 3.10. The van der Waals surface area contributed by atoms with Gasteiger partial charge in [0.25, 0.3) is 0 Å². The van der Waals surface area contributed by atoms with Crippen molar-refractivity contribution in [3.05, 3.63) is 23.9 Å². The van der Waals surface area contributed by atoms with Crippen LogP contribution in [0.3, 0.4) is 0 Å². The van der Waals surface area contributed by atoms with Gasteiger partial charge in [-0.25, -0.2) is 4.98 Å². The molecule has 16 heavy (non-hydrogen) atoms. The lowest BCUT2D eigenvalue weighted by molar-refractivity contribution is 0.168. The van der Waals surface area contributed by atoms with Gasteiger partial charge in [0.1, 0.15) is 6.10 Å². The molecule has 1 N–H and O–H groups in total. The average molecular weight is 221 g/mol. The third-order valence-electron chi connectivity index (χ3n) is 3.10. The van der Waals surface area contributed by atoms with Crippen molar-refractivity contribution in [1.29, 1.82) is 0 Å². The monoisotopic (exact) mass is 221 g/mol. The van der Waals surface area contributed by atoms with Gasteiger partial charge in [0.05, 0.1) is 6.61 Å². The van der Waals surface area contributed by atoms with E-state index in [-0.39, 0.29) is 12.7 Å². The number of hydrogen-bond donors (Lipinski definition) is 1. The van der Waals surface area contributed by atoms with E-state index in [0.717, 1.165) is 18.4 Å². The van der Waals surface area contributed by atoms with Crippen molar-refractivity contribution >= 4 is 0 Å². The third kappa shape index (κ3) is 2.95. The second-order valence-electron chi connectivity index (χ2n) is 4.36. The molecule has 0 bridgehead atoms. The minimum absolute atomic E-state index is 0.00407. The Balaban J connectivity index is 2.01. The number of rotatable bonds is 3. The highest BCUT2D eigenvalue weighted by Gasteiger charge is 2.15. The lowest BCUT2D eigenvalue weighted by atomic mass is 10.1. The predicted octanol–water partition coefficient (Wildman–Crippen LogP) is 2.68. The van der Waals surface area contributed by atoms with Gasteiger partial charge in [-0.05, 0) is 37.8 Å². The fourth-order valence-electron chi connectivity index (χ4n) is 2.17. The Labute approximate surface area is 96.5 Å². The zero-order valence-electron chi connectivity index (χ0n) is 9.56. The standard InChI is InChI=1S/C13H19NO2/c15-10-11-6-5-9-14-13(11)16-12-7-3-1-2-4-8-12/h5-6,9,12,15H,1-4,7-8,10H2. The molecule has 0 radical (unpaired) electrons. The molecule has 3 heteroatoms. The van der Waals surface area contributed by atoms with Crippen LogP contribution in [0.5, 0.6) is 5.88 Å². The summed E-state index contributed by atoms with van der Waals surface area (Å²) in [7, 11) is 0. The van der Waals surface area contributed by atoms with Gasteiger partial charge >= 0.3 is 0 Å². The van der Waals surface area contributed by atoms with E-state index in [4.69, 9.17) is 4.74 Å². The molecule has 3 nitrogen and oxygen atoms in total. The van der Waals surface area contributed by atoms with Crippen LogP contribution >= 0.6 is 0 Å². The van der Waals surface area contributed by atoms with E-state index >= 15 is 0 Å². The van der Waals surface area contributed by atoms with Crippen molar-refractivity contribution < 1.29 is 9.84 Å². The number of aromatic nitrogens is 1. The highest BCUT2D eigenvalue weighted by Crippen LogP contribution is 2.23. The van der Waals surface area contributed by atoms with E-state index in [1.54, 1.807) is 6.20 Å². The first-order valence-corrected chi connectivity index (χ1v) is 6.11. The lowest BCUT2D eigenvalue weighted by Crippen LogP contribution is -2.16. The van der Waals surface area contributed by atoms with E-state index in [1.165, 1.54) is 25.7 Å². The predicted molar refractivity (Wildman–Crippen MR) is 62.3 cm³/mol. The second-order valence-corrected chi connectivity index (χ2v) is 4.36. The van der Waals surface area contributed by atoms with E-state index in [2.05, 4.69) is 4.98 Å². The van der Waals surface area contributed by atoms with Crippen molar-refractivity contribution in [2.24, 2.45) is 0 Å². The number of nitrogens with zero attached hydrogens (tertiary/aromatic N) is 1. The fourth-order valence-corrected chi connectivity index (χ4v) is 2.17. The zero-order valence-corrected chi connectivity index (χ0v) is 9.56. The number of aliphatic hydroxyl groups excluding tert-OH is 1. The van der Waals surface area contributed by atoms with Gasteiger partial charge in [-0.2, -0.15) is 0 Å². The van der Waals surface area contributed by atoms with Gasteiger partial charge in [-0.15, -0.1) is 0 Å². The summed E-state index contributed by atoms with van der Waals surface area (Å²) in [5.74, 6) is 0.608. The largest absolute Gasteiger partial charge is 0.474 e. The summed E-state index contributed by atoms with van der Waals surface area (Å²) in [6.07, 6.45) is 9.33. The highest BCUT2D eigenvalue weighted by atomic mass is 16.5. The van der Waals surface area contributed by atoms with Gasteiger partial charge in [0.15, 0.2) is 0 Å². The van der Waals surface area contributed by atoms with Crippen LogP contribution in [0.1, 0.15) is 44.1 Å². The summed E-state index contributed by atoms with van der Waals surface area (Å²) in [5.41, 5.74) is 0.784. The lowest BCUT2D eigenvalue weighted by Gasteiger charge is -2.17. The molecule has 1 saturated carbocycles. The molecule has 2 rings (SSSR count). The van der Waals surface area contributed by atoms with E-state index in [9.17, 15) is 5.11 Å². The number of pyridine rings is 1. The van der Waals surface area contributed by atoms with E-state index in [1.807, 2.05) is 12.1 Å². The molecule has 0 atom stereocenters. The Hall–Kier alpha value is -1.09. The SMILES string of the molecule is OCc1cccnc1OC1CCCCCC1. The number of hydrogen-bond acceptors (Lipinski definition) is 3. The molecule has 1 aromatic rings. The Morgan fingerprint density at radius 1 is 1.25 bits per heavy atom. The highest BCUT2D eigenvalue weighted by molar-refractivity contribution is 5.24. The molecular formula is C13H19NO2. The number of aliphatic hydroxyl groups is 1. The van der Waals surface area contributed by atoms with Crippen molar-refractivity contribution in [3.8, 4) is 5.88 Å². The maximum absolute atomic E-state index is 9.18. The normalized spacial score (nSPS) is 18.1. The minimum Gasteiger partial charge on any atom is -0.474 e. The van der Waals surface area contributed by atoms with Crippen LogP contribution in [0.2, 0.25) is 0 Å². The molecule has 0 aliphatic heterocycles. The molecule has 88 valence electrons. The Bertz CT molecular complexity index is 319. The molecule has 0 aromatic carbocycles. The first-order chi connectivity index (χ1) is 7.90. The maximum atomic E-state index is 9.18. The van der Waals surface area contributed by atoms with E-state index < -0.39 is 0 Å². The van der Waals surface area contributed by atoms with Crippen LogP contribution in [-0.2, 0) is 6.61 Å². The van der Waals surface area contributed by atoms with Crippen LogP contribution in [0.15, 0.2) is 18.3 Å². The molecular weight excluding hydrogens is 202 g/mol. The summed E-state index contributed by atoms with van der Waals surface area (Å²) in [4.78, 5) is 4.19. The summed E-state index contributed by atoms with van der Waals surface area (Å²) in [6, 6.07) is 3.69. The average Bonchev–Trinajstić information content (AvgIpc) is 2.58. The Morgan fingerprint density at radius 3 is 2.69 bits per heavy atom. The molecule has 0 saturated heterocycles. The van der Waals surface area contributed by atoms with Crippen LogP contribution in [0.4, 0.5) is 0 Å². The van der Waals surface area contributed by atoms with Crippen molar-refractivity contribution in [3.63, 3.8) is 0 Å². The molecule has 1 fully saturated rings. The first-order valence-electron chi connectivity index (χ1n) is 6.11. The first kappa shape index (κ1) is 11.4. The Kier molecular flexibility index (Phi) is 4.17.